The molecule has 0 unspecified atom stereocenters. The van der Waals surface area contributed by atoms with Crippen LogP contribution in [0, 0.1) is 5.82 Å². The highest BCUT2D eigenvalue weighted by molar-refractivity contribution is 5.79. The van der Waals surface area contributed by atoms with Crippen molar-refractivity contribution >= 4 is 11.0 Å². The summed E-state index contributed by atoms with van der Waals surface area (Å²) in [5, 5.41) is 0. The van der Waals surface area contributed by atoms with E-state index in [0.29, 0.717) is 23.7 Å². The third-order valence-electron chi connectivity index (χ3n) is 3.68. The fourth-order valence-electron chi connectivity index (χ4n) is 2.63. The molecule has 2 aromatic heterocycles. The molecule has 0 aliphatic rings. The lowest BCUT2D eigenvalue weighted by Crippen LogP contribution is -2.03. The molecule has 0 amide bonds. The van der Waals surface area contributed by atoms with Crippen molar-refractivity contribution in [1.29, 1.82) is 0 Å². The first-order valence-electron chi connectivity index (χ1n) is 7.05. The molecule has 0 atom stereocenters. The van der Waals surface area contributed by atoms with Gasteiger partial charge in [0.1, 0.15) is 5.82 Å². The molecule has 0 spiro atoms. The SMILES string of the molecule is Fc1ccccc1Cn1c(-c2ccco2)nc2ccccc21. The van der Waals surface area contributed by atoms with E-state index in [1.807, 2.05) is 47.0 Å². The summed E-state index contributed by atoms with van der Waals surface area (Å²) in [5.41, 5.74) is 2.45. The molecular weight excluding hydrogens is 279 g/mol. The maximum atomic E-state index is 14.0. The highest BCUT2D eigenvalue weighted by Crippen LogP contribution is 2.26. The van der Waals surface area contributed by atoms with Crippen molar-refractivity contribution in [3.63, 3.8) is 0 Å². The number of furan rings is 1. The number of hydrogen-bond donors (Lipinski definition) is 0. The summed E-state index contributed by atoms with van der Waals surface area (Å²) >= 11 is 0. The predicted octanol–water partition coefficient (Wildman–Crippen LogP) is 4.48. The smallest absolute Gasteiger partial charge is 0.177 e. The average molecular weight is 292 g/mol. The van der Waals surface area contributed by atoms with Gasteiger partial charge in [0.15, 0.2) is 11.6 Å². The van der Waals surface area contributed by atoms with E-state index in [1.54, 1.807) is 18.4 Å². The third-order valence-corrected chi connectivity index (χ3v) is 3.68. The molecule has 22 heavy (non-hydrogen) atoms. The lowest BCUT2D eigenvalue weighted by atomic mass is 10.2. The summed E-state index contributed by atoms with van der Waals surface area (Å²) in [6.45, 7) is 0.406. The van der Waals surface area contributed by atoms with Crippen molar-refractivity contribution in [1.82, 2.24) is 9.55 Å². The van der Waals surface area contributed by atoms with E-state index in [2.05, 4.69) is 4.98 Å². The molecule has 4 rings (SSSR count). The van der Waals surface area contributed by atoms with Gasteiger partial charge in [0.05, 0.1) is 23.8 Å². The fraction of sp³-hybridized carbons (Fsp3) is 0.0556. The van der Waals surface area contributed by atoms with Gasteiger partial charge in [-0.3, -0.25) is 0 Å². The van der Waals surface area contributed by atoms with Crippen molar-refractivity contribution in [3.05, 3.63) is 78.3 Å². The first-order valence-corrected chi connectivity index (χ1v) is 7.05. The molecule has 0 N–H and O–H groups in total. The van der Waals surface area contributed by atoms with E-state index in [9.17, 15) is 4.39 Å². The van der Waals surface area contributed by atoms with Crippen LogP contribution >= 0.6 is 0 Å². The Morgan fingerprint density at radius 1 is 0.955 bits per heavy atom. The second-order valence-corrected chi connectivity index (χ2v) is 5.08. The number of benzene rings is 2. The molecule has 0 radical (unpaired) electrons. The third kappa shape index (κ3) is 2.09. The van der Waals surface area contributed by atoms with E-state index < -0.39 is 0 Å². The molecule has 2 heterocycles. The standard InChI is InChI=1S/C18H13FN2O/c19-14-7-2-1-6-13(14)12-21-16-9-4-3-8-15(16)20-18(21)17-10-5-11-22-17/h1-11H,12H2. The lowest BCUT2D eigenvalue weighted by Gasteiger charge is -2.09. The molecule has 0 aliphatic heterocycles. The summed E-state index contributed by atoms with van der Waals surface area (Å²) in [6, 6.07) is 18.3. The van der Waals surface area contributed by atoms with Crippen molar-refractivity contribution in [2.45, 2.75) is 6.54 Å². The van der Waals surface area contributed by atoms with E-state index in [0.717, 1.165) is 11.0 Å². The van der Waals surface area contributed by atoms with Crippen molar-refractivity contribution in [2.75, 3.05) is 0 Å². The van der Waals surface area contributed by atoms with Gasteiger partial charge in [-0.2, -0.15) is 0 Å². The van der Waals surface area contributed by atoms with Crippen LogP contribution in [-0.4, -0.2) is 9.55 Å². The molecule has 4 heteroatoms. The number of fused-ring (bicyclic) bond motifs is 1. The van der Waals surface area contributed by atoms with E-state index in [4.69, 9.17) is 4.42 Å². The second-order valence-electron chi connectivity index (χ2n) is 5.08. The summed E-state index contributed by atoms with van der Waals surface area (Å²) in [5.74, 6) is 1.16. The van der Waals surface area contributed by atoms with Crippen LogP contribution in [0.1, 0.15) is 5.56 Å². The minimum atomic E-state index is -0.217. The molecule has 3 nitrogen and oxygen atoms in total. The minimum absolute atomic E-state index is 0.217. The number of imidazole rings is 1. The molecule has 0 saturated heterocycles. The van der Waals surface area contributed by atoms with Crippen LogP contribution in [0.25, 0.3) is 22.6 Å². The Labute approximate surface area is 126 Å². The first kappa shape index (κ1) is 12.8. The number of hydrogen-bond acceptors (Lipinski definition) is 2. The second kappa shape index (κ2) is 5.15. The van der Waals surface area contributed by atoms with Gasteiger partial charge < -0.3 is 8.98 Å². The molecule has 0 aliphatic carbocycles. The fourth-order valence-corrected chi connectivity index (χ4v) is 2.63. The van der Waals surface area contributed by atoms with Crippen molar-refractivity contribution in [2.24, 2.45) is 0 Å². The number of halogens is 1. The largest absolute Gasteiger partial charge is 0.461 e. The number of para-hydroxylation sites is 2. The van der Waals surface area contributed by atoms with Crippen molar-refractivity contribution < 1.29 is 8.81 Å². The van der Waals surface area contributed by atoms with Crippen LogP contribution in [0.4, 0.5) is 4.39 Å². The summed E-state index contributed by atoms with van der Waals surface area (Å²) in [6.07, 6.45) is 1.61. The van der Waals surface area contributed by atoms with Crippen LogP contribution in [0.15, 0.2) is 71.3 Å². The Morgan fingerprint density at radius 3 is 2.59 bits per heavy atom. The zero-order valence-electron chi connectivity index (χ0n) is 11.7. The molecule has 0 saturated carbocycles. The van der Waals surface area contributed by atoms with Crippen LogP contribution in [-0.2, 0) is 6.54 Å². The van der Waals surface area contributed by atoms with Gasteiger partial charge in [0, 0.05) is 5.56 Å². The molecule has 0 fully saturated rings. The van der Waals surface area contributed by atoms with E-state index in [1.165, 1.54) is 6.07 Å². The minimum Gasteiger partial charge on any atom is -0.461 e. The number of aromatic nitrogens is 2. The van der Waals surface area contributed by atoms with Gasteiger partial charge in [0.2, 0.25) is 0 Å². The van der Waals surface area contributed by atoms with Crippen LogP contribution in [0.5, 0.6) is 0 Å². The lowest BCUT2D eigenvalue weighted by molar-refractivity contribution is 0.569. The zero-order valence-corrected chi connectivity index (χ0v) is 11.7. The average Bonchev–Trinajstić information content (AvgIpc) is 3.17. The van der Waals surface area contributed by atoms with Crippen LogP contribution in [0.2, 0.25) is 0 Å². The Kier molecular flexibility index (Phi) is 3.00. The molecular formula is C18H13FN2O. The van der Waals surface area contributed by atoms with Gasteiger partial charge >= 0.3 is 0 Å². The Bertz CT molecular complexity index is 925. The Hall–Kier alpha value is -2.88. The monoisotopic (exact) mass is 292 g/mol. The van der Waals surface area contributed by atoms with E-state index in [-0.39, 0.29) is 5.82 Å². The van der Waals surface area contributed by atoms with Gasteiger partial charge in [-0.05, 0) is 30.3 Å². The number of rotatable bonds is 3. The summed E-state index contributed by atoms with van der Waals surface area (Å²) < 4.78 is 21.5. The highest BCUT2D eigenvalue weighted by Gasteiger charge is 2.15. The molecule has 108 valence electrons. The van der Waals surface area contributed by atoms with Gasteiger partial charge in [-0.15, -0.1) is 0 Å². The summed E-state index contributed by atoms with van der Waals surface area (Å²) in [7, 11) is 0. The maximum absolute atomic E-state index is 14.0. The van der Waals surface area contributed by atoms with Crippen molar-refractivity contribution in [3.8, 4) is 11.6 Å². The summed E-state index contributed by atoms with van der Waals surface area (Å²) in [4.78, 5) is 4.63. The maximum Gasteiger partial charge on any atom is 0.177 e. The van der Waals surface area contributed by atoms with Gasteiger partial charge in [-0.25, -0.2) is 9.37 Å². The van der Waals surface area contributed by atoms with Gasteiger partial charge in [-0.1, -0.05) is 30.3 Å². The first-order chi connectivity index (χ1) is 10.8. The van der Waals surface area contributed by atoms with E-state index >= 15 is 0 Å². The Morgan fingerprint density at radius 2 is 1.77 bits per heavy atom. The van der Waals surface area contributed by atoms with Crippen LogP contribution < -0.4 is 0 Å². The predicted molar refractivity (Wildman–Crippen MR) is 82.9 cm³/mol. The molecule has 2 aromatic carbocycles. The van der Waals surface area contributed by atoms with Crippen LogP contribution in [0.3, 0.4) is 0 Å². The zero-order chi connectivity index (χ0) is 14.9. The highest BCUT2D eigenvalue weighted by atomic mass is 19.1. The topological polar surface area (TPSA) is 31.0 Å². The normalized spacial score (nSPS) is 11.1. The molecule has 4 aromatic rings. The quantitative estimate of drug-likeness (QED) is 0.557. The number of nitrogens with zero attached hydrogens (tertiary/aromatic N) is 2. The van der Waals surface area contributed by atoms with Gasteiger partial charge in [0.25, 0.3) is 0 Å². The molecule has 0 bridgehead atoms. The Balaban J connectivity index is 1.91.